The predicted octanol–water partition coefficient (Wildman–Crippen LogP) is 4.98. The summed E-state index contributed by atoms with van der Waals surface area (Å²) < 4.78 is 16.7. The zero-order valence-corrected chi connectivity index (χ0v) is 21.9. The number of nitrogens with zero attached hydrogens (tertiary/aromatic N) is 2. The van der Waals surface area contributed by atoms with Crippen molar-refractivity contribution in [2.75, 3.05) is 47.0 Å². The summed E-state index contributed by atoms with van der Waals surface area (Å²) in [5.41, 5.74) is 3.02. The van der Waals surface area contributed by atoms with Gasteiger partial charge in [-0.1, -0.05) is 36.8 Å². The number of benzene rings is 2. The first-order valence-corrected chi connectivity index (χ1v) is 12.6. The highest BCUT2D eigenvalue weighted by Crippen LogP contribution is 2.33. The molecule has 0 bridgehead atoms. The SMILES string of the molecule is COc1cc2c(cc1OC)C(=O)N(CCC1CCCCN1CCCOCc1ccccc1)CC2.Cl. The van der Waals surface area contributed by atoms with Crippen molar-refractivity contribution in [3.05, 3.63) is 59.2 Å². The number of ether oxygens (including phenoxy) is 3. The third-order valence-corrected chi connectivity index (χ3v) is 7.10. The van der Waals surface area contributed by atoms with E-state index in [9.17, 15) is 4.79 Å². The van der Waals surface area contributed by atoms with Crippen molar-refractivity contribution in [2.45, 2.75) is 51.2 Å². The zero-order valence-electron chi connectivity index (χ0n) is 21.0. The minimum absolute atomic E-state index is 0. The van der Waals surface area contributed by atoms with Crippen LogP contribution in [-0.2, 0) is 17.8 Å². The standard InChI is InChI=1S/C28H38N2O4.ClH/c1-32-26-19-23-12-16-30(28(31)25(23)20-27(26)33-2)17-13-24-11-6-7-14-29(24)15-8-18-34-21-22-9-4-3-5-10-22;/h3-5,9-10,19-20,24H,6-8,11-18,21H2,1-2H3;1H. The molecule has 2 aliphatic rings. The van der Waals surface area contributed by atoms with Gasteiger partial charge < -0.3 is 24.0 Å². The molecule has 0 aliphatic carbocycles. The number of fused-ring (bicyclic) bond motifs is 1. The van der Waals surface area contributed by atoms with Gasteiger partial charge >= 0.3 is 0 Å². The Morgan fingerprint density at radius 1 is 0.971 bits per heavy atom. The lowest BCUT2D eigenvalue weighted by molar-refractivity contribution is 0.0672. The van der Waals surface area contributed by atoms with Crippen LogP contribution in [0.1, 0.15) is 53.6 Å². The molecule has 1 saturated heterocycles. The average molecular weight is 503 g/mol. The smallest absolute Gasteiger partial charge is 0.254 e. The summed E-state index contributed by atoms with van der Waals surface area (Å²) in [5.74, 6) is 1.41. The van der Waals surface area contributed by atoms with Crippen LogP contribution in [0.15, 0.2) is 42.5 Å². The van der Waals surface area contributed by atoms with Crippen LogP contribution in [0, 0.1) is 0 Å². The van der Waals surface area contributed by atoms with E-state index in [2.05, 4.69) is 29.2 Å². The largest absolute Gasteiger partial charge is 0.493 e. The van der Waals surface area contributed by atoms with E-state index in [4.69, 9.17) is 14.2 Å². The molecule has 0 aromatic heterocycles. The van der Waals surface area contributed by atoms with Gasteiger partial charge in [-0.05, 0) is 61.9 Å². The Kier molecular flexibility index (Phi) is 10.7. The fourth-order valence-electron chi connectivity index (χ4n) is 5.19. The highest BCUT2D eigenvalue weighted by atomic mass is 35.5. The minimum Gasteiger partial charge on any atom is -0.493 e. The summed E-state index contributed by atoms with van der Waals surface area (Å²) in [6.07, 6.45) is 6.68. The zero-order chi connectivity index (χ0) is 23.8. The summed E-state index contributed by atoms with van der Waals surface area (Å²) in [7, 11) is 3.24. The highest BCUT2D eigenvalue weighted by molar-refractivity contribution is 5.97. The van der Waals surface area contributed by atoms with Crippen LogP contribution in [0.4, 0.5) is 0 Å². The van der Waals surface area contributed by atoms with Gasteiger partial charge in [0.1, 0.15) is 0 Å². The molecule has 0 radical (unpaired) electrons. The van der Waals surface area contributed by atoms with Crippen molar-refractivity contribution in [3.63, 3.8) is 0 Å². The molecule has 0 N–H and O–H groups in total. The third-order valence-electron chi connectivity index (χ3n) is 7.10. The van der Waals surface area contributed by atoms with Crippen molar-refractivity contribution >= 4 is 18.3 Å². The normalized spacial score (nSPS) is 18.1. The molecule has 1 fully saturated rings. The van der Waals surface area contributed by atoms with E-state index in [-0.39, 0.29) is 18.3 Å². The van der Waals surface area contributed by atoms with Crippen molar-refractivity contribution in [2.24, 2.45) is 0 Å². The minimum atomic E-state index is 0. The van der Waals surface area contributed by atoms with Crippen LogP contribution in [0.2, 0.25) is 0 Å². The molecule has 2 aromatic carbocycles. The van der Waals surface area contributed by atoms with Crippen molar-refractivity contribution < 1.29 is 19.0 Å². The Morgan fingerprint density at radius 2 is 1.74 bits per heavy atom. The molecule has 35 heavy (non-hydrogen) atoms. The summed E-state index contributed by atoms with van der Waals surface area (Å²) in [6, 6.07) is 14.7. The molecule has 2 aliphatic heterocycles. The van der Waals surface area contributed by atoms with E-state index in [0.717, 1.165) is 63.2 Å². The van der Waals surface area contributed by atoms with E-state index in [1.165, 1.54) is 24.8 Å². The van der Waals surface area contributed by atoms with E-state index in [1.54, 1.807) is 14.2 Å². The van der Waals surface area contributed by atoms with Crippen LogP contribution >= 0.6 is 12.4 Å². The molecule has 1 atom stereocenters. The number of carbonyl (C=O) groups is 1. The lowest BCUT2D eigenvalue weighted by Gasteiger charge is -2.37. The number of hydrogen-bond acceptors (Lipinski definition) is 5. The Balaban J connectivity index is 0.00000342. The molecule has 0 saturated carbocycles. The Hall–Kier alpha value is -2.28. The predicted molar refractivity (Wildman–Crippen MR) is 141 cm³/mol. The number of piperidine rings is 1. The quantitative estimate of drug-likeness (QED) is 0.406. The third kappa shape index (κ3) is 7.12. The first-order chi connectivity index (χ1) is 16.7. The van der Waals surface area contributed by atoms with Crippen LogP contribution < -0.4 is 9.47 Å². The first kappa shape index (κ1) is 27.3. The van der Waals surface area contributed by atoms with Gasteiger partial charge in [-0.25, -0.2) is 0 Å². The van der Waals surface area contributed by atoms with Crippen molar-refractivity contribution in [1.29, 1.82) is 0 Å². The fourth-order valence-corrected chi connectivity index (χ4v) is 5.19. The second-order valence-electron chi connectivity index (χ2n) is 9.27. The molecular formula is C28H39ClN2O4. The first-order valence-electron chi connectivity index (χ1n) is 12.6. The average Bonchev–Trinajstić information content (AvgIpc) is 2.88. The second-order valence-corrected chi connectivity index (χ2v) is 9.27. The van der Waals surface area contributed by atoms with Gasteiger partial charge in [0.05, 0.1) is 20.8 Å². The molecule has 192 valence electrons. The van der Waals surface area contributed by atoms with E-state index in [0.29, 0.717) is 24.1 Å². The van der Waals surface area contributed by atoms with Gasteiger partial charge in [0.2, 0.25) is 0 Å². The van der Waals surface area contributed by atoms with E-state index >= 15 is 0 Å². The summed E-state index contributed by atoms with van der Waals surface area (Å²) in [4.78, 5) is 17.8. The molecule has 7 heteroatoms. The number of halogens is 1. The molecule has 0 spiro atoms. The topological polar surface area (TPSA) is 51.2 Å². The van der Waals surface area contributed by atoms with Crippen LogP contribution in [0.3, 0.4) is 0 Å². The van der Waals surface area contributed by atoms with Crippen molar-refractivity contribution in [1.82, 2.24) is 9.80 Å². The van der Waals surface area contributed by atoms with Gasteiger partial charge in [-0.3, -0.25) is 4.79 Å². The molecule has 2 aromatic rings. The second kappa shape index (κ2) is 13.7. The number of methoxy groups -OCH3 is 2. The maximum Gasteiger partial charge on any atom is 0.254 e. The van der Waals surface area contributed by atoms with E-state index in [1.807, 2.05) is 23.1 Å². The lowest BCUT2D eigenvalue weighted by Crippen LogP contribution is -2.44. The monoisotopic (exact) mass is 502 g/mol. The van der Waals surface area contributed by atoms with Gasteiger partial charge in [0.25, 0.3) is 5.91 Å². The summed E-state index contributed by atoms with van der Waals surface area (Å²) >= 11 is 0. The van der Waals surface area contributed by atoms with Crippen molar-refractivity contribution in [3.8, 4) is 11.5 Å². The van der Waals surface area contributed by atoms with Crippen LogP contribution in [-0.4, -0.2) is 68.8 Å². The molecule has 2 heterocycles. The number of rotatable bonds is 11. The molecule has 4 rings (SSSR count). The maximum absolute atomic E-state index is 13.2. The highest BCUT2D eigenvalue weighted by Gasteiger charge is 2.28. The maximum atomic E-state index is 13.2. The van der Waals surface area contributed by atoms with Gasteiger partial charge in [0, 0.05) is 37.8 Å². The molecule has 6 nitrogen and oxygen atoms in total. The van der Waals surface area contributed by atoms with Crippen LogP contribution in [0.5, 0.6) is 11.5 Å². The number of amides is 1. The summed E-state index contributed by atoms with van der Waals surface area (Å²) in [6.45, 7) is 5.24. The molecule has 1 amide bonds. The van der Waals surface area contributed by atoms with Gasteiger partial charge in [0.15, 0.2) is 11.5 Å². The number of likely N-dealkylation sites (tertiary alicyclic amines) is 1. The molecule has 1 unspecified atom stereocenters. The van der Waals surface area contributed by atoms with E-state index < -0.39 is 0 Å². The molecular weight excluding hydrogens is 464 g/mol. The summed E-state index contributed by atoms with van der Waals surface area (Å²) in [5, 5.41) is 0. The lowest BCUT2D eigenvalue weighted by atomic mass is 9.96. The Morgan fingerprint density at radius 3 is 2.51 bits per heavy atom. The fraction of sp³-hybridized carbons (Fsp3) is 0.536. The van der Waals surface area contributed by atoms with Gasteiger partial charge in [-0.2, -0.15) is 0 Å². The van der Waals surface area contributed by atoms with Gasteiger partial charge in [-0.15, -0.1) is 12.4 Å². The number of carbonyl (C=O) groups excluding carboxylic acids is 1. The van der Waals surface area contributed by atoms with Crippen LogP contribution in [0.25, 0.3) is 0 Å². The Labute approximate surface area is 215 Å². The number of hydrogen-bond donors (Lipinski definition) is 0. The Bertz CT molecular complexity index is 940.